The van der Waals surface area contributed by atoms with Gasteiger partial charge in [0.1, 0.15) is 5.82 Å². The third-order valence-electron chi connectivity index (χ3n) is 2.38. The van der Waals surface area contributed by atoms with Gasteiger partial charge in [0.05, 0.1) is 15.9 Å². The van der Waals surface area contributed by atoms with Crippen LogP contribution in [0.15, 0.2) is 28.3 Å². The van der Waals surface area contributed by atoms with Gasteiger partial charge in [-0.25, -0.2) is 9.07 Å². The Morgan fingerprint density at radius 2 is 2.26 bits per heavy atom. The molecule has 100 valence electrons. The molecule has 1 aromatic carbocycles. The first kappa shape index (κ1) is 13.3. The molecule has 19 heavy (non-hydrogen) atoms. The zero-order valence-electron chi connectivity index (χ0n) is 9.91. The molecule has 9 heteroatoms. The average molecular weight is 283 g/mol. The van der Waals surface area contributed by atoms with Gasteiger partial charge < -0.3 is 5.84 Å². The fourth-order valence-corrected chi connectivity index (χ4v) is 2.18. The van der Waals surface area contributed by atoms with Crippen molar-refractivity contribution in [3.05, 3.63) is 40.0 Å². The van der Waals surface area contributed by atoms with Crippen molar-refractivity contribution in [3.63, 3.8) is 0 Å². The van der Waals surface area contributed by atoms with Gasteiger partial charge in [0.15, 0.2) is 5.82 Å². The Morgan fingerprint density at radius 3 is 2.79 bits per heavy atom. The summed E-state index contributed by atoms with van der Waals surface area (Å²) in [5, 5.41) is 18.5. The Morgan fingerprint density at radius 1 is 1.53 bits per heavy atom. The summed E-state index contributed by atoms with van der Waals surface area (Å²) in [6.07, 6.45) is 0.604. The fraction of sp³-hybridized carbons (Fsp3) is 0.200. The lowest BCUT2D eigenvalue weighted by Crippen LogP contribution is -2.13. The maximum Gasteiger partial charge on any atom is 0.272 e. The minimum absolute atomic E-state index is 0.201. The molecule has 0 saturated heterocycles. The largest absolute Gasteiger partial charge is 0.336 e. The molecular formula is C10H10FN5O2S. The van der Waals surface area contributed by atoms with Crippen LogP contribution in [0.2, 0.25) is 0 Å². The summed E-state index contributed by atoms with van der Waals surface area (Å²) in [6, 6.07) is 3.40. The highest BCUT2D eigenvalue weighted by molar-refractivity contribution is 7.99. The van der Waals surface area contributed by atoms with Crippen molar-refractivity contribution in [2.24, 2.45) is 0 Å². The van der Waals surface area contributed by atoms with Crippen LogP contribution in [0.3, 0.4) is 0 Å². The van der Waals surface area contributed by atoms with E-state index in [1.54, 1.807) is 0 Å². The van der Waals surface area contributed by atoms with Crippen LogP contribution >= 0.6 is 11.8 Å². The third kappa shape index (κ3) is 2.65. The van der Waals surface area contributed by atoms with Crippen LogP contribution < -0.4 is 5.84 Å². The number of aromatic nitrogens is 3. The molecule has 2 rings (SSSR count). The van der Waals surface area contributed by atoms with Crippen molar-refractivity contribution in [2.75, 3.05) is 5.84 Å². The summed E-state index contributed by atoms with van der Waals surface area (Å²) >= 11 is 0.964. The van der Waals surface area contributed by atoms with Gasteiger partial charge in [0, 0.05) is 12.5 Å². The van der Waals surface area contributed by atoms with Crippen molar-refractivity contribution < 1.29 is 9.31 Å². The Hall–Kier alpha value is -2.16. The van der Waals surface area contributed by atoms with E-state index in [2.05, 4.69) is 10.2 Å². The van der Waals surface area contributed by atoms with Crippen molar-refractivity contribution in [1.82, 2.24) is 14.9 Å². The summed E-state index contributed by atoms with van der Waals surface area (Å²) in [5.41, 5.74) is -0.301. The van der Waals surface area contributed by atoms with Gasteiger partial charge in [0.2, 0.25) is 5.16 Å². The smallest absolute Gasteiger partial charge is 0.272 e. The second kappa shape index (κ2) is 5.22. The molecular weight excluding hydrogens is 273 g/mol. The number of hydrogen-bond acceptors (Lipinski definition) is 6. The second-order valence-electron chi connectivity index (χ2n) is 3.60. The molecule has 0 radical (unpaired) electrons. The van der Waals surface area contributed by atoms with Gasteiger partial charge in [0.25, 0.3) is 5.69 Å². The summed E-state index contributed by atoms with van der Waals surface area (Å²) in [4.78, 5) is 10.1. The van der Waals surface area contributed by atoms with E-state index in [-0.39, 0.29) is 10.6 Å². The molecule has 1 heterocycles. The van der Waals surface area contributed by atoms with Crippen molar-refractivity contribution >= 4 is 17.4 Å². The molecule has 0 spiro atoms. The number of non-ortho nitro benzene ring substituents is 1. The van der Waals surface area contributed by atoms with Gasteiger partial charge in [-0.2, -0.15) is 0 Å². The number of nitrogens with zero attached hydrogens (tertiary/aromatic N) is 4. The van der Waals surface area contributed by atoms with Crippen LogP contribution in [-0.4, -0.2) is 19.8 Å². The molecule has 1 aromatic heterocycles. The van der Waals surface area contributed by atoms with Crippen LogP contribution in [0.4, 0.5) is 10.1 Å². The first-order valence-corrected chi connectivity index (χ1v) is 6.15. The van der Waals surface area contributed by atoms with Gasteiger partial charge in [-0.05, 0) is 17.8 Å². The number of nitrogen functional groups attached to an aromatic ring is 1. The Kier molecular flexibility index (Phi) is 3.65. The van der Waals surface area contributed by atoms with E-state index >= 15 is 0 Å². The summed E-state index contributed by atoms with van der Waals surface area (Å²) in [6.45, 7) is 1.87. The minimum atomic E-state index is -0.694. The van der Waals surface area contributed by atoms with Crippen molar-refractivity contribution in [3.8, 4) is 0 Å². The molecule has 0 fully saturated rings. The quantitative estimate of drug-likeness (QED) is 0.521. The first-order chi connectivity index (χ1) is 9.02. The molecule has 0 unspecified atom stereocenters. The highest BCUT2D eigenvalue weighted by Crippen LogP contribution is 2.30. The zero-order valence-corrected chi connectivity index (χ0v) is 10.7. The maximum absolute atomic E-state index is 13.7. The number of rotatable bonds is 4. The molecule has 0 aliphatic rings. The third-order valence-corrected chi connectivity index (χ3v) is 3.39. The van der Waals surface area contributed by atoms with Crippen LogP contribution in [0.5, 0.6) is 0 Å². The highest BCUT2D eigenvalue weighted by atomic mass is 32.2. The topological polar surface area (TPSA) is 99.9 Å². The van der Waals surface area contributed by atoms with Gasteiger partial charge in [-0.15, -0.1) is 10.2 Å². The van der Waals surface area contributed by atoms with E-state index in [0.29, 0.717) is 17.4 Å². The predicted octanol–water partition coefficient (Wildman–Crippen LogP) is 1.75. The Balaban J connectivity index is 2.28. The van der Waals surface area contributed by atoms with E-state index in [0.717, 1.165) is 17.8 Å². The molecule has 7 nitrogen and oxygen atoms in total. The van der Waals surface area contributed by atoms with E-state index in [9.17, 15) is 14.5 Å². The molecule has 0 atom stereocenters. The van der Waals surface area contributed by atoms with Gasteiger partial charge >= 0.3 is 0 Å². The SMILES string of the molecule is CCc1nnc(Sc2ccc([N+](=O)[O-])cc2F)n1N. The van der Waals surface area contributed by atoms with E-state index in [4.69, 9.17) is 5.84 Å². The van der Waals surface area contributed by atoms with Gasteiger partial charge in [-0.1, -0.05) is 6.92 Å². The molecule has 0 amide bonds. The predicted molar refractivity (Wildman–Crippen MR) is 66.7 cm³/mol. The highest BCUT2D eigenvalue weighted by Gasteiger charge is 2.15. The van der Waals surface area contributed by atoms with Crippen LogP contribution in [0, 0.1) is 15.9 Å². The first-order valence-electron chi connectivity index (χ1n) is 5.34. The van der Waals surface area contributed by atoms with Crippen molar-refractivity contribution in [1.29, 1.82) is 0 Å². The fourth-order valence-electron chi connectivity index (χ4n) is 1.40. The normalized spacial score (nSPS) is 10.6. The van der Waals surface area contributed by atoms with Crippen LogP contribution in [-0.2, 0) is 6.42 Å². The van der Waals surface area contributed by atoms with Crippen LogP contribution in [0.1, 0.15) is 12.7 Å². The molecule has 0 saturated carbocycles. The number of halogens is 1. The lowest BCUT2D eigenvalue weighted by Gasteiger charge is -2.03. The summed E-state index contributed by atoms with van der Waals surface area (Å²) < 4.78 is 15.0. The Bertz CT molecular complexity index is 630. The standard InChI is InChI=1S/C10H10FN5O2S/c1-2-9-13-14-10(15(9)12)19-8-4-3-6(16(17)18)5-7(8)11/h3-5H,2,12H2,1H3. The number of benzene rings is 1. The number of aryl methyl sites for hydroxylation is 1. The van der Waals surface area contributed by atoms with E-state index < -0.39 is 10.7 Å². The lowest BCUT2D eigenvalue weighted by atomic mass is 10.3. The van der Waals surface area contributed by atoms with Gasteiger partial charge in [-0.3, -0.25) is 10.1 Å². The molecule has 0 bridgehead atoms. The summed E-state index contributed by atoms with van der Waals surface area (Å²) in [5.74, 6) is 5.61. The molecule has 2 aromatic rings. The zero-order chi connectivity index (χ0) is 14.0. The Labute approximate surface area is 111 Å². The van der Waals surface area contributed by atoms with E-state index in [1.165, 1.54) is 16.8 Å². The number of nitro benzene ring substituents is 1. The minimum Gasteiger partial charge on any atom is -0.336 e. The lowest BCUT2D eigenvalue weighted by molar-refractivity contribution is -0.385. The van der Waals surface area contributed by atoms with E-state index in [1.807, 2.05) is 6.92 Å². The molecule has 0 aliphatic heterocycles. The molecule has 0 aliphatic carbocycles. The number of nitrogens with two attached hydrogens (primary N) is 1. The monoisotopic (exact) mass is 283 g/mol. The van der Waals surface area contributed by atoms with Crippen LogP contribution in [0.25, 0.3) is 0 Å². The average Bonchev–Trinajstić information content (AvgIpc) is 2.72. The van der Waals surface area contributed by atoms with Crippen molar-refractivity contribution in [2.45, 2.75) is 23.4 Å². The maximum atomic E-state index is 13.7. The number of nitro groups is 1. The second-order valence-corrected chi connectivity index (χ2v) is 4.61. The number of hydrogen-bond donors (Lipinski definition) is 1. The summed E-state index contributed by atoms with van der Waals surface area (Å²) in [7, 11) is 0. The molecule has 2 N–H and O–H groups in total.